The van der Waals surface area contributed by atoms with Crippen molar-refractivity contribution in [2.75, 3.05) is 7.11 Å². The molecule has 0 amide bonds. The average Bonchev–Trinajstić information content (AvgIpc) is 2.46. The van der Waals surface area contributed by atoms with E-state index in [9.17, 15) is 13.2 Å². The molecule has 0 radical (unpaired) electrons. The summed E-state index contributed by atoms with van der Waals surface area (Å²) in [4.78, 5) is 0. The molecule has 2 nitrogen and oxygen atoms in total. The van der Waals surface area contributed by atoms with E-state index in [1.165, 1.54) is 37.4 Å². The maximum absolute atomic E-state index is 14.0. The second-order valence-corrected chi connectivity index (χ2v) is 4.64. The van der Waals surface area contributed by atoms with Gasteiger partial charge in [0.15, 0.2) is 0 Å². The molecule has 2 rings (SSSR count). The van der Waals surface area contributed by atoms with Crippen molar-refractivity contribution in [3.63, 3.8) is 0 Å². The third-order valence-corrected chi connectivity index (χ3v) is 3.34. The Balaban J connectivity index is 2.29. The molecule has 0 aliphatic carbocycles. The summed E-state index contributed by atoms with van der Waals surface area (Å²) in [5.41, 5.74) is 0.686. The van der Waals surface area contributed by atoms with E-state index >= 15 is 0 Å². The van der Waals surface area contributed by atoms with Gasteiger partial charge in [0, 0.05) is 11.6 Å². The third-order valence-electron chi connectivity index (χ3n) is 2.86. The van der Waals surface area contributed by atoms with Crippen LogP contribution in [0.4, 0.5) is 13.2 Å². The standard InChI is InChI=1S/C15H12ClF3O2/c1-20-10-5-6-12(13(17)8-10)14(16)9-3-2-4-11(7-9)21-15(18)19/h2-8,14-15H,1H3. The first-order chi connectivity index (χ1) is 10.0. The molecule has 1 unspecified atom stereocenters. The van der Waals surface area contributed by atoms with E-state index in [0.29, 0.717) is 11.3 Å². The Morgan fingerprint density at radius 1 is 1.05 bits per heavy atom. The molecule has 0 fully saturated rings. The molecule has 2 aromatic rings. The van der Waals surface area contributed by atoms with Gasteiger partial charge in [-0.1, -0.05) is 18.2 Å². The number of alkyl halides is 3. The van der Waals surface area contributed by atoms with E-state index in [0.717, 1.165) is 0 Å². The van der Waals surface area contributed by atoms with Gasteiger partial charge in [0.1, 0.15) is 17.3 Å². The second kappa shape index (κ2) is 6.72. The number of benzene rings is 2. The number of halogens is 4. The summed E-state index contributed by atoms with van der Waals surface area (Å²) in [6.45, 7) is -2.92. The number of hydrogen-bond acceptors (Lipinski definition) is 2. The molecule has 0 N–H and O–H groups in total. The lowest BCUT2D eigenvalue weighted by molar-refractivity contribution is -0.0498. The van der Waals surface area contributed by atoms with Gasteiger partial charge in [-0.2, -0.15) is 8.78 Å². The van der Waals surface area contributed by atoms with Gasteiger partial charge < -0.3 is 9.47 Å². The van der Waals surface area contributed by atoms with Gasteiger partial charge >= 0.3 is 6.61 Å². The molecule has 6 heteroatoms. The molecule has 0 aliphatic heterocycles. The lowest BCUT2D eigenvalue weighted by atomic mass is 10.0. The lowest BCUT2D eigenvalue weighted by Crippen LogP contribution is -2.03. The Morgan fingerprint density at radius 3 is 2.43 bits per heavy atom. The van der Waals surface area contributed by atoms with E-state index in [-0.39, 0.29) is 11.3 Å². The highest BCUT2D eigenvalue weighted by atomic mass is 35.5. The lowest BCUT2D eigenvalue weighted by Gasteiger charge is -2.13. The van der Waals surface area contributed by atoms with Crippen LogP contribution in [0.15, 0.2) is 42.5 Å². The first-order valence-electron chi connectivity index (χ1n) is 6.03. The van der Waals surface area contributed by atoms with Gasteiger partial charge in [-0.15, -0.1) is 11.6 Å². The fourth-order valence-electron chi connectivity index (χ4n) is 1.87. The van der Waals surface area contributed by atoms with E-state index < -0.39 is 17.8 Å². The molecule has 0 saturated heterocycles. The quantitative estimate of drug-likeness (QED) is 0.740. The van der Waals surface area contributed by atoms with Crippen LogP contribution in [0, 0.1) is 5.82 Å². The summed E-state index contributed by atoms with van der Waals surface area (Å²) in [6.07, 6.45) is 0. The summed E-state index contributed by atoms with van der Waals surface area (Å²) in [5, 5.41) is -0.822. The molecule has 0 saturated carbocycles. The predicted octanol–water partition coefficient (Wildman–Crippen LogP) is 4.76. The van der Waals surface area contributed by atoms with Crippen LogP contribution in [0.1, 0.15) is 16.5 Å². The van der Waals surface area contributed by atoms with E-state index in [2.05, 4.69) is 4.74 Å². The van der Waals surface area contributed by atoms with Gasteiger partial charge in [-0.25, -0.2) is 4.39 Å². The molecule has 0 bridgehead atoms. The van der Waals surface area contributed by atoms with E-state index in [1.54, 1.807) is 12.1 Å². The summed E-state index contributed by atoms with van der Waals surface area (Å²) >= 11 is 6.22. The molecular formula is C15H12ClF3O2. The molecule has 21 heavy (non-hydrogen) atoms. The first kappa shape index (κ1) is 15.5. The summed E-state index contributed by atoms with van der Waals surface area (Å²) in [5.74, 6) is -0.188. The van der Waals surface area contributed by atoms with Crippen molar-refractivity contribution in [3.05, 3.63) is 59.4 Å². The van der Waals surface area contributed by atoms with Crippen LogP contribution < -0.4 is 9.47 Å². The minimum atomic E-state index is -2.92. The van der Waals surface area contributed by atoms with E-state index in [1.807, 2.05) is 0 Å². The van der Waals surface area contributed by atoms with Crippen molar-refractivity contribution in [1.29, 1.82) is 0 Å². The molecule has 1 atom stereocenters. The van der Waals surface area contributed by atoms with Crippen LogP contribution in [-0.4, -0.2) is 13.7 Å². The smallest absolute Gasteiger partial charge is 0.387 e. The average molecular weight is 317 g/mol. The Labute approximate surface area is 125 Å². The fourth-order valence-corrected chi connectivity index (χ4v) is 2.18. The Morgan fingerprint density at radius 2 is 1.81 bits per heavy atom. The number of ether oxygens (including phenoxy) is 2. The van der Waals surface area contributed by atoms with Crippen LogP contribution in [-0.2, 0) is 0 Å². The first-order valence-corrected chi connectivity index (χ1v) is 6.47. The molecule has 0 aromatic heterocycles. The molecule has 0 aliphatic rings. The Kier molecular flexibility index (Phi) is 4.96. The highest BCUT2D eigenvalue weighted by molar-refractivity contribution is 6.22. The van der Waals surface area contributed by atoms with Gasteiger partial charge in [0.2, 0.25) is 0 Å². The minimum absolute atomic E-state index is 0.0259. The second-order valence-electron chi connectivity index (χ2n) is 4.20. The van der Waals surface area contributed by atoms with E-state index in [4.69, 9.17) is 16.3 Å². The Bertz CT molecular complexity index is 620. The van der Waals surface area contributed by atoms with Gasteiger partial charge in [0.05, 0.1) is 12.5 Å². The van der Waals surface area contributed by atoms with Gasteiger partial charge in [0.25, 0.3) is 0 Å². The molecule has 0 spiro atoms. The zero-order valence-electron chi connectivity index (χ0n) is 11.0. The molecular weight excluding hydrogens is 305 g/mol. The number of rotatable bonds is 5. The fraction of sp³-hybridized carbons (Fsp3) is 0.200. The van der Waals surface area contributed by atoms with Gasteiger partial charge in [-0.05, 0) is 23.8 Å². The monoisotopic (exact) mass is 316 g/mol. The van der Waals surface area contributed by atoms with Crippen molar-refractivity contribution in [1.82, 2.24) is 0 Å². The minimum Gasteiger partial charge on any atom is -0.497 e. The van der Waals surface area contributed by atoms with Crippen LogP contribution in [0.5, 0.6) is 11.5 Å². The van der Waals surface area contributed by atoms with Crippen molar-refractivity contribution >= 4 is 11.6 Å². The van der Waals surface area contributed by atoms with Crippen molar-refractivity contribution < 1.29 is 22.6 Å². The summed E-state index contributed by atoms with van der Waals surface area (Å²) < 4.78 is 47.6. The molecule has 2 aromatic carbocycles. The Hall–Kier alpha value is -1.88. The normalized spacial score (nSPS) is 12.3. The molecule has 112 valence electrons. The topological polar surface area (TPSA) is 18.5 Å². The SMILES string of the molecule is COc1ccc(C(Cl)c2cccc(OC(F)F)c2)c(F)c1. The van der Waals surface area contributed by atoms with Gasteiger partial charge in [-0.3, -0.25) is 0 Å². The predicted molar refractivity (Wildman–Crippen MR) is 73.7 cm³/mol. The zero-order valence-corrected chi connectivity index (χ0v) is 11.8. The summed E-state index contributed by atoms with van der Waals surface area (Å²) in [6, 6.07) is 10.1. The third kappa shape index (κ3) is 3.82. The van der Waals surface area contributed by atoms with Crippen molar-refractivity contribution in [3.8, 4) is 11.5 Å². The maximum atomic E-state index is 14.0. The zero-order chi connectivity index (χ0) is 15.4. The van der Waals surface area contributed by atoms with Crippen molar-refractivity contribution in [2.24, 2.45) is 0 Å². The molecule has 0 heterocycles. The van der Waals surface area contributed by atoms with Crippen LogP contribution in [0.2, 0.25) is 0 Å². The maximum Gasteiger partial charge on any atom is 0.387 e. The van der Waals surface area contributed by atoms with Crippen molar-refractivity contribution in [2.45, 2.75) is 12.0 Å². The van der Waals surface area contributed by atoms with Crippen LogP contribution >= 0.6 is 11.6 Å². The summed E-state index contributed by atoms with van der Waals surface area (Å²) in [7, 11) is 1.43. The number of hydrogen-bond donors (Lipinski definition) is 0. The highest BCUT2D eigenvalue weighted by Gasteiger charge is 2.17. The number of methoxy groups -OCH3 is 1. The highest BCUT2D eigenvalue weighted by Crippen LogP contribution is 2.33. The largest absolute Gasteiger partial charge is 0.497 e. The van der Waals surface area contributed by atoms with Crippen LogP contribution in [0.3, 0.4) is 0 Å². The van der Waals surface area contributed by atoms with Crippen LogP contribution in [0.25, 0.3) is 0 Å².